The molecule has 0 N–H and O–H groups in total. The van der Waals surface area contributed by atoms with Crippen LogP contribution in [0, 0.1) is 24.7 Å². The minimum absolute atomic E-state index is 0.0312. The van der Waals surface area contributed by atoms with Crippen molar-refractivity contribution in [1.82, 2.24) is 4.90 Å². The molecule has 1 amide bonds. The van der Waals surface area contributed by atoms with E-state index >= 15 is 0 Å². The summed E-state index contributed by atoms with van der Waals surface area (Å²) in [6, 6.07) is 8.74. The first kappa shape index (κ1) is 15.2. The molecular weight excluding hydrogens is 270 g/mol. The van der Waals surface area contributed by atoms with Crippen molar-refractivity contribution < 1.29 is 4.79 Å². The Morgan fingerprint density at radius 3 is 2.55 bits per heavy atom. The van der Waals surface area contributed by atoms with Gasteiger partial charge in [0, 0.05) is 24.9 Å². The molecule has 1 aromatic carbocycles. The fourth-order valence-electron chi connectivity index (χ4n) is 3.59. The van der Waals surface area contributed by atoms with E-state index in [0.717, 1.165) is 19.5 Å². The van der Waals surface area contributed by atoms with Crippen molar-refractivity contribution in [3.05, 3.63) is 35.4 Å². The fourth-order valence-corrected chi connectivity index (χ4v) is 3.59. The van der Waals surface area contributed by atoms with Gasteiger partial charge in [0.2, 0.25) is 0 Å². The van der Waals surface area contributed by atoms with E-state index in [1.54, 1.807) is 0 Å². The van der Waals surface area contributed by atoms with E-state index in [2.05, 4.69) is 43.0 Å². The molecule has 2 aliphatic rings. The van der Waals surface area contributed by atoms with Crippen molar-refractivity contribution >= 4 is 5.91 Å². The van der Waals surface area contributed by atoms with Gasteiger partial charge < -0.3 is 4.90 Å². The van der Waals surface area contributed by atoms with Crippen LogP contribution >= 0.6 is 0 Å². The normalized spacial score (nSPS) is 22.2. The minimum Gasteiger partial charge on any atom is -0.331 e. The largest absolute Gasteiger partial charge is 0.331 e. The van der Waals surface area contributed by atoms with Crippen LogP contribution in [0.5, 0.6) is 0 Å². The molecule has 1 atom stereocenters. The Kier molecular flexibility index (Phi) is 4.83. The summed E-state index contributed by atoms with van der Waals surface area (Å²) >= 11 is 0. The average Bonchev–Trinajstić information content (AvgIpc) is 3.07. The Morgan fingerprint density at radius 1 is 1.09 bits per heavy atom. The van der Waals surface area contributed by atoms with Crippen molar-refractivity contribution in [3.63, 3.8) is 0 Å². The monoisotopic (exact) mass is 295 g/mol. The summed E-state index contributed by atoms with van der Waals surface area (Å²) in [4.78, 5) is 14.3. The Balaban J connectivity index is 1.62. The Morgan fingerprint density at radius 2 is 1.82 bits per heavy atom. The summed E-state index contributed by atoms with van der Waals surface area (Å²) in [5, 5.41) is 0. The molecule has 1 saturated carbocycles. The van der Waals surface area contributed by atoms with E-state index in [4.69, 9.17) is 0 Å². The highest BCUT2D eigenvalue weighted by Crippen LogP contribution is 2.27. The molecule has 0 bridgehead atoms. The quantitative estimate of drug-likeness (QED) is 0.720. The summed E-state index contributed by atoms with van der Waals surface area (Å²) in [7, 11) is 0. The summed E-state index contributed by atoms with van der Waals surface area (Å²) < 4.78 is 0. The third kappa shape index (κ3) is 3.71. The summed E-state index contributed by atoms with van der Waals surface area (Å²) in [6.07, 6.45) is 7.14. The van der Waals surface area contributed by atoms with Gasteiger partial charge in [0.05, 0.1) is 0 Å². The van der Waals surface area contributed by atoms with Crippen LogP contribution in [0.15, 0.2) is 24.3 Å². The number of hydrogen-bond acceptors (Lipinski definition) is 1. The van der Waals surface area contributed by atoms with Gasteiger partial charge in [0.25, 0.3) is 5.91 Å². The number of carbonyl (C=O) groups is 1. The first-order valence-electron chi connectivity index (χ1n) is 8.59. The second-order valence-corrected chi connectivity index (χ2v) is 6.75. The van der Waals surface area contributed by atoms with Crippen LogP contribution in [0.25, 0.3) is 0 Å². The summed E-state index contributed by atoms with van der Waals surface area (Å²) in [5.74, 6) is 7.07. The molecule has 1 aromatic rings. The van der Waals surface area contributed by atoms with Gasteiger partial charge >= 0.3 is 0 Å². The third-order valence-corrected chi connectivity index (χ3v) is 5.00. The highest BCUT2D eigenvalue weighted by Gasteiger charge is 2.24. The van der Waals surface area contributed by atoms with Gasteiger partial charge in [-0.15, -0.1) is 0 Å². The van der Waals surface area contributed by atoms with Crippen molar-refractivity contribution in [2.24, 2.45) is 5.92 Å². The van der Waals surface area contributed by atoms with Crippen LogP contribution in [-0.2, 0) is 4.79 Å². The zero-order chi connectivity index (χ0) is 15.4. The minimum atomic E-state index is 0.0312. The van der Waals surface area contributed by atoms with Crippen LogP contribution in [-0.4, -0.2) is 23.9 Å². The van der Waals surface area contributed by atoms with E-state index in [1.165, 1.54) is 43.2 Å². The molecule has 22 heavy (non-hydrogen) atoms. The molecule has 1 saturated heterocycles. The highest BCUT2D eigenvalue weighted by molar-refractivity contribution is 5.93. The molecule has 0 radical (unpaired) electrons. The topological polar surface area (TPSA) is 20.3 Å². The number of hydrogen-bond donors (Lipinski definition) is 0. The van der Waals surface area contributed by atoms with Crippen LogP contribution in [0.3, 0.4) is 0 Å². The van der Waals surface area contributed by atoms with Crippen molar-refractivity contribution in [2.45, 2.75) is 51.4 Å². The molecule has 1 heterocycles. The zero-order valence-electron chi connectivity index (χ0n) is 13.5. The molecule has 1 unspecified atom stereocenters. The SMILES string of the molecule is Cc1ccc(C2CCCN(C(=O)C#CC3CCCC3)C2)cc1. The number of rotatable bonds is 1. The lowest BCUT2D eigenvalue weighted by molar-refractivity contribution is -0.126. The molecule has 1 aliphatic heterocycles. The molecule has 0 aromatic heterocycles. The number of likely N-dealkylation sites (tertiary alicyclic amines) is 1. The Labute approximate surface area is 133 Å². The van der Waals surface area contributed by atoms with E-state index in [-0.39, 0.29) is 5.91 Å². The van der Waals surface area contributed by atoms with Gasteiger partial charge in [-0.25, -0.2) is 0 Å². The maximum Gasteiger partial charge on any atom is 0.298 e. The predicted octanol–water partition coefficient (Wildman–Crippen LogP) is 3.89. The van der Waals surface area contributed by atoms with Gasteiger partial charge in [-0.1, -0.05) is 48.6 Å². The number of nitrogens with zero attached hydrogens (tertiary/aromatic N) is 1. The second kappa shape index (κ2) is 7.01. The van der Waals surface area contributed by atoms with Gasteiger partial charge in [0.1, 0.15) is 0 Å². The van der Waals surface area contributed by atoms with Crippen molar-refractivity contribution in [1.29, 1.82) is 0 Å². The third-order valence-electron chi connectivity index (χ3n) is 5.00. The Bertz CT molecular complexity index is 572. The van der Waals surface area contributed by atoms with E-state index < -0.39 is 0 Å². The smallest absolute Gasteiger partial charge is 0.298 e. The zero-order valence-corrected chi connectivity index (χ0v) is 13.5. The van der Waals surface area contributed by atoms with Crippen LogP contribution < -0.4 is 0 Å². The number of aryl methyl sites for hydroxylation is 1. The number of piperidine rings is 1. The Hall–Kier alpha value is -1.75. The lowest BCUT2D eigenvalue weighted by Gasteiger charge is -2.31. The first-order chi connectivity index (χ1) is 10.7. The number of benzene rings is 1. The molecule has 116 valence electrons. The molecular formula is C20H25NO. The molecule has 3 rings (SSSR count). The number of amides is 1. The molecule has 0 spiro atoms. The number of carbonyl (C=O) groups excluding carboxylic acids is 1. The molecule has 2 fully saturated rings. The summed E-state index contributed by atoms with van der Waals surface area (Å²) in [5.41, 5.74) is 2.64. The van der Waals surface area contributed by atoms with Crippen LogP contribution in [0.4, 0.5) is 0 Å². The van der Waals surface area contributed by atoms with Gasteiger partial charge in [-0.05, 0) is 44.1 Å². The molecule has 2 heteroatoms. The molecule has 2 nitrogen and oxygen atoms in total. The van der Waals surface area contributed by atoms with E-state index in [1.807, 2.05) is 4.90 Å². The van der Waals surface area contributed by atoms with Crippen molar-refractivity contribution in [3.8, 4) is 11.8 Å². The maximum absolute atomic E-state index is 12.3. The van der Waals surface area contributed by atoms with Gasteiger partial charge in [-0.2, -0.15) is 0 Å². The van der Waals surface area contributed by atoms with E-state index in [0.29, 0.717) is 11.8 Å². The van der Waals surface area contributed by atoms with Crippen LogP contribution in [0.1, 0.15) is 55.6 Å². The van der Waals surface area contributed by atoms with Crippen LogP contribution in [0.2, 0.25) is 0 Å². The van der Waals surface area contributed by atoms with Crippen molar-refractivity contribution in [2.75, 3.05) is 13.1 Å². The standard InChI is InChI=1S/C20H25NO/c1-16-8-11-18(12-9-16)19-7-4-14-21(15-19)20(22)13-10-17-5-2-3-6-17/h8-9,11-12,17,19H,2-7,14-15H2,1H3. The fraction of sp³-hybridized carbons (Fsp3) is 0.550. The second-order valence-electron chi connectivity index (χ2n) is 6.75. The van der Waals surface area contributed by atoms with Gasteiger partial charge in [0.15, 0.2) is 0 Å². The lowest BCUT2D eigenvalue weighted by Crippen LogP contribution is -2.38. The van der Waals surface area contributed by atoms with Gasteiger partial charge in [-0.3, -0.25) is 4.79 Å². The van der Waals surface area contributed by atoms with E-state index in [9.17, 15) is 4.79 Å². The maximum atomic E-state index is 12.3. The molecule has 1 aliphatic carbocycles. The first-order valence-corrected chi connectivity index (χ1v) is 8.59. The average molecular weight is 295 g/mol. The summed E-state index contributed by atoms with van der Waals surface area (Å²) in [6.45, 7) is 3.79. The highest BCUT2D eigenvalue weighted by atomic mass is 16.2. The predicted molar refractivity (Wildman–Crippen MR) is 89.5 cm³/mol. The lowest BCUT2D eigenvalue weighted by atomic mass is 9.90.